The summed E-state index contributed by atoms with van der Waals surface area (Å²) in [5.74, 6) is 1.18. The van der Waals surface area contributed by atoms with Crippen molar-refractivity contribution < 1.29 is 13.2 Å². The lowest BCUT2D eigenvalue weighted by molar-refractivity contribution is -0.119. The molecule has 180 valence electrons. The number of nitrogens with zero attached hydrogens (tertiary/aromatic N) is 3. The molecule has 1 aromatic heterocycles. The van der Waals surface area contributed by atoms with E-state index in [0.717, 1.165) is 23.8 Å². The maximum absolute atomic E-state index is 12.5. The summed E-state index contributed by atoms with van der Waals surface area (Å²) >= 11 is 1.39. The molecule has 2 aliphatic rings. The number of benzene rings is 2. The molecule has 0 unspecified atom stereocenters. The molecule has 2 fully saturated rings. The van der Waals surface area contributed by atoms with Crippen LogP contribution in [0.25, 0.3) is 10.8 Å². The summed E-state index contributed by atoms with van der Waals surface area (Å²) in [5.41, 5.74) is 1.22. The average molecular weight is 499 g/mol. The molecule has 1 aliphatic carbocycles. The van der Waals surface area contributed by atoms with E-state index >= 15 is 0 Å². The van der Waals surface area contributed by atoms with Gasteiger partial charge in [0.05, 0.1) is 17.3 Å². The van der Waals surface area contributed by atoms with E-state index in [9.17, 15) is 13.2 Å². The van der Waals surface area contributed by atoms with E-state index in [4.69, 9.17) is 0 Å². The second-order valence-electron chi connectivity index (χ2n) is 9.33. The van der Waals surface area contributed by atoms with E-state index < -0.39 is 9.84 Å². The van der Waals surface area contributed by atoms with Gasteiger partial charge in [-0.1, -0.05) is 73.5 Å². The van der Waals surface area contributed by atoms with Crippen LogP contribution in [-0.4, -0.2) is 52.4 Å². The number of sulfone groups is 1. The molecule has 0 spiro atoms. The molecule has 3 aromatic rings. The van der Waals surface area contributed by atoms with Crippen molar-refractivity contribution in [2.24, 2.45) is 0 Å². The molecule has 7 nitrogen and oxygen atoms in total. The van der Waals surface area contributed by atoms with Gasteiger partial charge in [0.1, 0.15) is 5.82 Å². The number of amides is 1. The predicted octanol–water partition coefficient (Wildman–Crippen LogP) is 3.92. The number of thioether (sulfide) groups is 1. The Bertz CT molecular complexity index is 1280. The molecule has 1 saturated carbocycles. The minimum Gasteiger partial charge on any atom is -0.352 e. The number of fused-ring (bicyclic) bond motifs is 1. The van der Waals surface area contributed by atoms with Crippen LogP contribution in [-0.2, 0) is 21.1 Å². The summed E-state index contributed by atoms with van der Waals surface area (Å²) in [6, 6.07) is 14.8. The van der Waals surface area contributed by atoms with Gasteiger partial charge in [-0.3, -0.25) is 4.79 Å². The van der Waals surface area contributed by atoms with Gasteiger partial charge < -0.3 is 9.88 Å². The highest BCUT2D eigenvalue weighted by atomic mass is 32.2. The number of aromatic nitrogens is 3. The highest BCUT2D eigenvalue weighted by Gasteiger charge is 2.29. The van der Waals surface area contributed by atoms with Crippen molar-refractivity contribution in [2.45, 2.75) is 62.2 Å². The predicted molar refractivity (Wildman–Crippen MR) is 135 cm³/mol. The van der Waals surface area contributed by atoms with Crippen molar-refractivity contribution >= 4 is 38.3 Å². The Labute approximate surface area is 204 Å². The summed E-state index contributed by atoms with van der Waals surface area (Å²) < 4.78 is 25.6. The maximum atomic E-state index is 12.5. The van der Waals surface area contributed by atoms with Crippen LogP contribution in [0.5, 0.6) is 0 Å². The molecule has 0 bridgehead atoms. The lowest BCUT2D eigenvalue weighted by Gasteiger charge is -2.25. The van der Waals surface area contributed by atoms with Gasteiger partial charge in [0.15, 0.2) is 15.0 Å². The molecule has 1 atom stereocenters. The summed E-state index contributed by atoms with van der Waals surface area (Å²) in [6.07, 6.45) is 7.02. The fourth-order valence-corrected chi connectivity index (χ4v) is 7.67. The minimum absolute atomic E-state index is 0.0385. The minimum atomic E-state index is -3.02. The Hall–Kier alpha value is -2.39. The van der Waals surface area contributed by atoms with E-state index in [1.165, 1.54) is 47.4 Å². The number of carbonyl (C=O) groups is 1. The normalized spacial score (nSPS) is 20.5. The number of nitrogens with one attached hydrogen (secondary N) is 1. The third kappa shape index (κ3) is 5.30. The third-order valence-electron chi connectivity index (χ3n) is 6.83. The molecular formula is C25H30N4O3S2. The van der Waals surface area contributed by atoms with Gasteiger partial charge in [0.25, 0.3) is 0 Å². The number of hydrogen-bond donors (Lipinski definition) is 1. The van der Waals surface area contributed by atoms with Crippen LogP contribution in [0, 0.1) is 0 Å². The molecule has 9 heteroatoms. The first-order valence-electron chi connectivity index (χ1n) is 12.0. The van der Waals surface area contributed by atoms with E-state index in [1.807, 2.05) is 0 Å². The van der Waals surface area contributed by atoms with Crippen molar-refractivity contribution in [2.75, 3.05) is 17.3 Å². The van der Waals surface area contributed by atoms with Gasteiger partial charge in [0.2, 0.25) is 5.91 Å². The van der Waals surface area contributed by atoms with E-state index in [2.05, 4.69) is 62.5 Å². The molecule has 0 radical (unpaired) electrons. The molecule has 1 amide bonds. The molecule has 1 saturated heterocycles. The van der Waals surface area contributed by atoms with Crippen molar-refractivity contribution in [3.8, 4) is 0 Å². The highest BCUT2D eigenvalue weighted by molar-refractivity contribution is 7.99. The Morgan fingerprint density at radius 1 is 1.03 bits per heavy atom. The Morgan fingerprint density at radius 3 is 2.62 bits per heavy atom. The standard InChI is InChI=1S/C25H30N4O3S2/c30-24(26-20-13-14-34(31,32)17-20)16-33-25-28-27-23(29(25)21-10-2-1-3-11-21)15-19-9-6-8-18-7-4-5-12-22(18)19/h4-9,12,20-21H,1-3,10-11,13-17H2,(H,26,30)/t20-/m0/s1. The van der Waals surface area contributed by atoms with E-state index in [-0.39, 0.29) is 29.2 Å². The summed E-state index contributed by atoms with van der Waals surface area (Å²) in [7, 11) is -3.02. The molecule has 5 rings (SSSR count). The van der Waals surface area contributed by atoms with Crippen LogP contribution in [0.15, 0.2) is 47.6 Å². The van der Waals surface area contributed by atoms with Gasteiger partial charge in [-0.25, -0.2) is 8.42 Å². The topological polar surface area (TPSA) is 93.9 Å². The summed E-state index contributed by atoms with van der Waals surface area (Å²) in [5, 5.41) is 15.2. The monoisotopic (exact) mass is 498 g/mol. The fraction of sp³-hybridized carbons (Fsp3) is 0.480. The second kappa shape index (κ2) is 10.1. The Balaban J connectivity index is 1.34. The van der Waals surface area contributed by atoms with Gasteiger partial charge in [-0.2, -0.15) is 0 Å². The van der Waals surface area contributed by atoms with Crippen LogP contribution >= 0.6 is 11.8 Å². The van der Waals surface area contributed by atoms with Gasteiger partial charge in [0, 0.05) is 18.5 Å². The van der Waals surface area contributed by atoms with Crippen LogP contribution in [0.4, 0.5) is 0 Å². The van der Waals surface area contributed by atoms with Crippen molar-refractivity contribution in [3.63, 3.8) is 0 Å². The van der Waals surface area contributed by atoms with Gasteiger partial charge in [-0.05, 0) is 35.6 Å². The quantitative estimate of drug-likeness (QED) is 0.496. The lowest BCUT2D eigenvalue weighted by atomic mass is 9.95. The summed E-state index contributed by atoms with van der Waals surface area (Å²) in [4.78, 5) is 12.5. The number of rotatable bonds is 7. The number of hydrogen-bond acceptors (Lipinski definition) is 6. The first-order chi connectivity index (χ1) is 16.5. The first-order valence-corrected chi connectivity index (χ1v) is 14.8. The highest BCUT2D eigenvalue weighted by Crippen LogP contribution is 2.34. The molecule has 1 N–H and O–H groups in total. The molecule has 1 aliphatic heterocycles. The molecular weight excluding hydrogens is 468 g/mol. The zero-order valence-electron chi connectivity index (χ0n) is 19.2. The molecule has 34 heavy (non-hydrogen) atoms. The van der Waals surface area contributed by atoms with Crippen molar-refractivity contribution in [3.05, 3.63) is 53.9 Å². The van der Waals surface area contributed by atoms with Crippen molar-refractivity contribution in [1.29, 1.82) is 0 Å². The summed E-state index contributed by atoms with van der Waals surface area (Å²) in [6.45, 7) is 0. The smallest absolute Gasteiger partial charge is 0.230 e. The van der Waals surface area contributed by atoms with Crippen LogP contribution in [0.2, 0.25) is 0 Å². The molecule has 2 aromatic carbocycles. The Kier molecular flexibility index (Phi) is 6.92. The molecule has 2 heterocycles. The SMILES string of the molecule is O=C(CSc1nnc(Cc2cccc3ccccc23)n1C1CCCCC1)N[C@H]1CCS(=O)(=O)C1. The fourth-order valence-electron chi connectivity index (χ4n) is 5.16. The Morgan fingerprint density at radius 2 is 1.82 bits per heavy atom. The zero-order valence-corrected chi connectivity index (χ0v) is 20.8. The average Bonchev–Trinajstić information content (AvgIpc) is 3.40. The largest absolute Gasteiger partial charge is 0.352 e. The van der Waals surface area contributed by atoms with E-state index in [1.54, 1.807) is 0 Å². The zero-order chi connectivity index (χ0) is 23.5. The van der Waals surface area contributed by atoms with E-state index in [0.29, 0.717) is 18.9 Å². The van der Waals surface area contributed by atoms with Crippen LogP contribution in [0.3, 0.4) is 0 Å². The van der Waals surface area contributed by atoms with Crippen molar-refractivity contribution in [1.82, 2.24) is 20.1 Å². The number of carbonyl (C=O) groups excluding carboxylic acids is 1. The third-order valence-corrected chi connectivity index (χ3v) is 9.54. The lowest BCUT2D eigenvalue weighted by Crippen LogP contribution is -2.36. The van der Waals surface area contributed by atoms with Crippen LogP contribution < -0.4 is 5.32 Å². The maximum Gasteiger partial charge on any atom is 0.230 e. The van der Waals surface area contributed by atoms with Crippen LogP contribution in [0.1, 0.15) is 56.0 Å². The second-order valence-corrected chi connectivity index (χ2v) is 12.5. The van der Waals surface area contributed by atoms with Gasteiger partial charge >= 0.3 is 0 Å². The van der Waals surface area contributed by atoms with Gasteiger partial charge in [-0.15, -0.1) is 10.2 Å². The first kappa shape index (κ1) is 23.4.